The molecule has 5 atom stereocenters. The number of carbonyl (C=O) groups excluding carboxylic acids is 1. The molecule has 1 aromatic rings. The molecule has 3 heteroatoms. The maximum Gasteiger partial charge on any atom is 0.224 e. The van der Waals surface area contributed by atoms with Crippen molar-refractivity contribution >= 4 is 5.91 Å². The van der Waals surface area contributed by atoms with Gasteiger partial charge >= 0.3 is 0 Å². The molecule has 220 valence electrons. The van der Waals surface area contributed by atoms with E-state index < -0.39 is 0 Å². The van der Waals surface area contributed by atoms with Crippen LogP contribution in [-0.2, 0) is 4.79 Å². The van der Waals surface area contributed by atoms with Crippen LogP contribution in [0.15, 0.2) is 30.3 Å². The van der Waals surface area contributed by atoms with Gasteiger partial charge in [0.25, 0.3) is 0 Å². The van der Waals surface area contributed by atoms with Crippen molar-refractivity contribution in [2.45, 2.75) is 153 Å². The zero-order chi connectivity index (χ0) is 27.0. The third-order valence-electron chi connectivity index (χ3n) is 10.1. The maximum atomic E-state index is 13.3. The second-order valence-electron chi connectivity index (χ2n) is 13.3. The fraction of sp³-hybridized carbons (Fsp3) is 0.806. The molecule has 39 heavy (non-hydrogen) atoms. The van der Waals surface area contributed by atoms with E-state index in [-0.39, 0.29) is 5.92 Å². The Kier molecular flexibility index (Phi) is 14.2. The van der Waals surface area contributed by atoms with Crippen molar-refractivity contribution in [1.29, 1.82) is 0 Å². The minimum absolute atomic E-state index is 0.188. The average molecular weight is 537 g/mol. The fourth-order valence-corrected chi connectivity index (χ4v) is 7.37. The lowest BCUT2D eigenvalue weighted by Crippen LogP contribution is -2.53. The van der Waals surface area contributed by atoms with Gasteiger partial charge in [-0.05, 0) is 56.2 Å². The van der Waals surface area contributed by atoms with Crippen LogP contribution in [0.5, 0.6) is 0 Å². The molecule has 5 rings (SSSR count). The van der Waals surface area contributed by atoms with Crippen molar-refractivity contribution in [3.8, 4) is 0 Å². The van der Waals surface area contributed by atoms with Crippen molar-refractivity contribution < 1.29 is 4.79 Å². The van der Waals surface area contributed by atoms with E-state index in [0.29, 0.717) is 23.8 Å². The Morgan fingerprint density at radius 2 is 1.13 bits per heavy atom. The molecule has 1 N–H and O–H groups in total. The lowest BCUT2D eigenvalue weighted by atomic mass is 9.86. The molecule has 1 aliphatic carbocycles. The van der Waals surface area contributed by atoms with E-state index in [9.17, 15) is 4.79 Å². The highest BCUT2D eigenvalue weighted by Gasteiger charge is 2.45. The Labute approximate surface area is 241 Å². The number of amides is 1. The number of benzene rings is 1. The average Bonchev–Trinajstić information content (AvgIpc) is 3.76. The second kappa shape index (κ2) is 18.2. The minimum atomic E-state index is 0.188. The first-order chi connectivity index (χ1) is 19.3. The molecule has 3 heterocycles. The molecule has 2 bridgehead atoms. The standard InChI is InChI=1S/C36H60N2O/c39-36(34-29-33(34)31-23-20-18-21-24-31)37-35-30-38-27-22-17-15-13-11-9-7-5-3-1-2-4-6-8-10-12-14-16-19-25-32(35)26-28-38/h18,20-21,23-24,32-35H,1-17,19,22,25-30H2,(H,37,39). The van der Waals surface area contributed by atoms with E-state index in [0.717, 1.165) is 13.0 Å². The number of rotatable bonds is 3. The molecule has 0 aromatic heterocycles. The first kappa shape index (κ1) is 30.6. The van der Waals surface area contributed by atoms with E-state index in [1.54, 1.807) is 0 Å². The highest BCUT2D eigenvalue weighted by molar-refractivity contribution is 5.83. The summed E-state index contributed by atoms with van der Waals surface area (Å²) in [4.78, 5) is 16.0. The predicted molar refractivity (Wildman–Crippen MR) is 166 cm³/mol. The summed E-state index contributed by atoms with van der Waals surface area (Å²) >= 11 is 0. The Hall–Kier alpha value is -1.35. The summed E-state index contributed by atoms with van der Waals surface area (Å²) in [6.45, 7) is 3.52. The number of hydrogen-bond acceptors (Lipinski definition) is 2. The number of carbonyl (C=O) groups is 1. The van der Waals surface area contributed by atoms with Crippen LogP contribution < -0.4 is 5.32 Å². The van der Waals surface area contributed by atoms with Gasteiger partial charge in [0, 0.05) is 18.5 Å². The van der Waals surface area contributed by atoms with E-state index in [4.69, 9.17) is 0 Å². The largest absolute Gasteiger partial charge is 0.352 e. The van der Waals surface area contributed by atoms with Gasteiger partial charge in [-0.2, -0.15) is 0 Å². The Bertz CT molecular complexity index is 776. The molecule has 1 saturated carbocycles. The molecule has 0 spiro atoms. The Morgan fingerprint density at radius 3 is 1.69 bits per heavy atom. The Balaban J connectivity index is 1.24. The van der Waals surface area contributed by atoms with Gasteiger partial charge in [-0.25, -0.2) is 0 Å². The SMILES string of the molecule is O=C(NC1CN2CCCCCCCCCCCCCCCCCCCCCC1CC2)C1CC1c1ccccc1. The molecule has 3 aliphatic heterocycles. The predicted octanol–water partition coefficient (Wildman–Crippen LogP) is 9.41. The Morgan fingerprint density at radius 1 is 0.615 bits per heavy atom. The maximum absolute atomic E-state index is 13.3. The summed E-state index contributed by atoms with van der Waals surface area (Å²) in [5.41, 5.74) is 1.34. The van der Waals surface area contributed by atoms with Gasteiger partial charge in [0.2, 0.25) is 5.91 Å². The number of piperidine rings is 1. The van der Waals surface area contributed by atoms with Crippen LogP contribution in [0.3, 0.4) is 0 Å². The summed E-state index contributed by atoms with van der Waals surface area (Å²) < 4.78 is 0. The molecule has 4 fully saturated rings. The van der Waals surface area contributed by atoms with E-state index >= 15 is 0 Å². The van der Waals surface area contributed by atoms with Gasteiger partial charge < -0.3 is 10.2 Å². The first-order valence-corrected chi connectivity index (χ1v) is 17.4. The zero-order valence-corrected chi connectivity index (χ0v) is 25.2. The summed E-state index contributed by atoms with van der Waals surface area (Å²) in [6.07, 6.45) is 30.6. The molecule has 3 saturated heterocycles. The minimum Gasteiger partial charge on any atom is -0.352 e. The van der Waals surface area contributed by atoms with Crippen molar-refractivity contribution in [3.63, 3.8) is 0 Å². The van der Waals surface area contributed by atoms with Crippen LogP contribution in [0.1, 0.15) is 153 Å². The van der Waals surface area contributed by atoms with Gasteiger partial charge in [-0.3, -0.25) is 4.79 Å². The zero-order valence-electron chi connectivity index (χ0n) is 25.2. The number of nitrogens with zero attached hydrogens (tertiary/aromatic N) is 1. The van der Waals surface area contributed by atoms with Crippen LogP contribution in [0.25, 0.3) is 0 Å². The van der Waals surface area contributed by atoms with E-state index in [1.807, 2.05) is 0 Å². The van der Waals surface area contributed by atoms with Crippen LogP contribution in [-0.4, -0.2) is 36.5 Å². The van der Waals surface area contributed by atoms with Crippen molar-refractivity contribution in [2.24, 2.45) is 11.8 Å². The normalized spacial score (nSPS) is 31.4. The molecule has 5 unspecified atom stereocenters. The molecule has 3 nitrogen and oxygen atoms in total. The van der Waals surface area contributed by atoms with E-state index in [2.05, 4.69) is 40.5 Å². The third kappa shape index (κ3) is 11.6. The quantitative estimate of drug-likeness (QED) is 0.417. The van der Waals surface area contributed by atoms with Gasteiger partial charge in [-0.1, -0.05) is 146 Å². The van der Waals surface area contributed by atoms with Crippen LogP contribution in [0.2, 0.25) is 0 Å². The molecule has 1 aromatic carbocycles. The van der Waals surface area contributed by atoms with Gasteiger partial charge in [0.15, 0.2) is 0 Å². The first-order valence-electron chi connectivity index (χ1n) is 17.4. The lowest BCUT2D eigenvalue weighted by Gasteiger charge is -2.39. The molecule has 4 aliphatic rings. The lowest BCUT2D eigenvalue weighted by molar-refractivity contribution is -0.124. The summed E-state index contributed by atoms with van der Waals surface area (Å²) in [6, 6.07) is 11.0. The van der Waals surface area contributed by atoms with Crippen LogP contribution >= 0.6 is 0 Å². The molecular formula is C36H60N2O. The second-order valence-corrected chi connectivity index (χ2v) is 13.3. The molecule has 1 amide bonds. The summed E-state index contributed by atoms with van der Waals surface area (Å²) in [7, 11) is 0. The number of fused-ring (bicyclic) bond motifs is 22. The van der Waals surface area contributed by atoms with Gasteiger partial charge in [0.1, 0.15) is 0 Å². The van der Waals surface area contributed by atoms with Crippen molar-refractivity contribution in [1.82, 2.24) is 10.2 Å². The smallest absolute Gasteiger partial charge is 0.224 e. The summed E-state index contributed by atoms with van der Waals surface area (Å²) in [5.74, 6) is 1.61. The van der Waals surface area contributed by atoms with E-state index in [1.165, 1.54) is 153 Å². The molecule has 0 radical (unpaired) electrons. The topological polar surface area (TPSA) is 32.3 Å². The third-order valence-corrected chi connectivity index (χ3v) is 10.1. The summed E-state index contributed by atoms with van der Waals surface area (Å²) in [5, 5.41) is 3.60. The van der Waals surface area contributed by atoms with Crippen LogP contribution in [0, 0.1) is 11.8 Å². The monoisotopic (exact) mass is 536 g/mol. The highest BCUT2D eigenvalue weighted by atomic mass is 16.2. The molecular weight excluding hydrogens is 476 g/mol. The van der Waals surface area contributed by atoms with Crippen molar-refractivity contribution in [3.05, 3.63) is 35.9 Å². The number of hydrogen-bond donors (Lipinski definition) is 1. The highest BCUT2D eigenvalue weighted by Crippen LogP contribution is 2.47. The van der Waals surface area contributed by atoms with Crippen molar-refractivity contribution in [2.75, 3.05) is 19.6 Å². The number of nitrogens with one attached hydrogen (secondary N) is 1. The fourth-order valence-electron chi connectivity index (χ4n) is 7.37. The van der Waals surface area contributed by atoms with Gasteiger partial charge in [0.05, 0.1) is 0 Å². The van der Waals surface area contributed by atoms with Crippen LogP contribution in [0.4, 0.5) is 0 Å². The van der Waals surface area contributed by atoms with Gasteiger partial charge in [-0.15, -0.1) is 0 Å².